The van der Waals surface area contributed by atoms with Crippen LogP contribution in [0.15, 0.2) is 11.6 Å². The molecular weight excluding hydrogens is 206 g/mol. The fourth-order valence-electron chi connectivity index (χ4n) is 1.39. The molecule has 0 spiro atoms. The third-order valence-electron chi connectivity index (χ3n) is 2.99. The zero-order valence-electron chi connectivity index (χ0n) is 9.79. The Morgan fingerprint density at radius 1 is 1.53 bits per heavy atom. The van der Waals surface area contributed by atoms with Crippen LogP contribution >= 0.6 is 11.3 Å². The van der Waals surface area contributed by atoms with E-state index in [1.807, 2.05) is 11.6 Å². The van der Waals surface area contributed by atoms with Gasteiger partial charge in [-0.2, -0.15) is 0 Å². The zero-order valence-corrected chi connectivity index (χ0v) is 10.6. The molecular formula is C11H21N3S. The van der Waals surface area contributed by atoms with Crippen molar-refractivity contribution in [3.63, 3.8) is 0 Å². The summed E-state index contributed by atoms with van der Waals surface area (Å²) in [4.78, 5) is 4.28. The van der Waals surface area contributed by atoms with Crippen LogP contribution in [0, 0.1) is 0 Å². The van der Waals surface area contributed by atoms with Crippen molar-refractivity contribution in [2.24, 2.45) is 5.73 Å². The topological polar surface area (TPSA) is 50.9 Å². The number of thiazole rings is 1. The molecule has 0 fully saturated rings. The van der Waals surface area contributed by atoms with Crippen molar-refractivity contribution >= 4 is 11.3 Å². The number of hydrogen-bond acceptors (Lipinski definition) is 4. The second kappa shape index (κ2) is 5.58. The largest absolute Gasteiger partial charge is 0.324 e. The minimum Gasteiger partial charge on any atom is -0.324 e. The van der Waals surface area contributed by atoms with Crippen LogP contribution in [-0.2, 0) is 0 Å². The highest BCUT2D eigenvalue weighted by Crippen LogP contribution is 2.16. The lowest BCUT2D eigenvalue weighted by Gasteiger charge is -2.28. The minimum absolute atomic E-state index is 0.0779. The fraction of sp³-hybridized carbons (Fsp3) is 0.727. The van der Waals surface area contributed by atoms with E-state index in [-0.39, 0.29) is 5.54 Å². The minimum atomic E-state index is -0.0779. The summed E-state index contributed by atoms with van der Waals surface area (Å²) in [7, 11) is 0. The maximum atomic E-state index is 6.22. The Labute approximate surface area is 96.1 Å². The van der Waals surface area contributed by atoms with Crippen LogP contribution in [0.25, 0.3) is 0 Å². The molecule has 3 nitrogen and oxygen atoms in total. The summed E-state index contributed by atoms with van der Waals surface area (Å²) in [6.07, 6.45) is 3.84. The smallest absolute Gasteiger partial charge is 0.109 e. The van der Waals surface area contributed by atoms with Gasteiger partial charge in [-0.1, -0.05) is 13.8 Å². The van der Waals surface area contributed by atoms with Crippen LogP contribution in [0.4, 0.5) is 0 Å². The van der Waals surface area contributed by atoms with Gasteiger partial charge in [-0.15, -0.1) is 11.3 Å². The Balaban J connectivity index is 2.43. The van der Waals surface area contributed by atoms with Crippen molar-refractivity contribution in [3.05, 3.63) is 16.6 Å². The van der Waals surface area contributed by atoms with Gasteiger partial charge in [-0.05, 0) is 19.8 Å². The second-order valence-corrected chi connectivity index (χ2v) is 4.97. The fourth-order valence-corrected chi connectivity index (χ4v) is 2.06. The number of nitrogens with one attached hydrogen (secondary N) is 1. The van der Waals surface area contributed by atoms with E-state index in [0.29, 0.717) is 6.04 Å². The summed E-state index contributed by atoms with van der Waals surface area (Å²) in [6.45, 7) is 7.25. The maximum Gasteiger partial charge on any atom is 0.109 e. The van der Waals surface area contributed by atoms with Gasteiger partial charge in [0.2, 0.25) is 0 Å². The Morgan fingerprint density at radius 2 is 2.20 bits per heavy atom. The van der Waals surface area contributed by atoms with Gasteiger partial charge >= 0.3 is 0 Å². The van der Waals surface area contributed by atoms with E-state index in [2.05, 4.69) is 31.1 Å². The molecule has 86 valence electrons. The Bertz CT molecular complexity index is 267. The van der Waals surface area contributed by atoms with Crippen LogP contribution in [0.5, 0.6) is 0 Å². The van der Waals surface area contributed by atoms with E-state index in [1.54, 1.807) is 11.3 Å². The zero-order chi connectivity index (χ0) is 11.3. The third kappa shape index (κ3) is 3.55. The highest BCUT2D eigenvalue weighted by molar-refractivity contribution is 7.09. The standard InChI is InChI=1S/C11H21N3S/c1-4-11(12,5-2)8-14-9(3)10-13-6-7-15-10/h6-7,9,14H,4-5,8,12H2,1-3H3. The predicted octanol–water partition coefficient (Wildman–Crippen LogP) is 2.31. The predicted molar refractivity (Wildman–Crippen MR) is 66.0 cm³/mol. The van der Waals surface area contributed by atoms with E-state index in [1.165, 1.54) is 0 Å². The molecule has 0 radical (unpaired) electrons. The molecule has 0 aliphatic heterocycles. The van der Waals surface area contributed by atoms with Gasteiger partial charge in [0.1, 0.15) is 5.01 Å². The molecule has 15 heavy (non-hydrogen) atoms. The Kier molecular flexibility index (Phi) is 4.70. The molecule has 4 heteroatoms. The van der Waals surface area contributed by atoms with E-state index in [0.717, 1.165) is 24.4 Å². The van der Waals surface area contributed by atoms with Gasteiger partial charge in [0, 0.05) is 23.7 Å². The molecule has 1 aromatic heterocycles. The van der Waals surface area contributed by atoms with Crippen LogP contribution in [-0.4, -0.2) is 17.1 Å². The van der Waals surface area contributed by atoms with Gasteiger partial charge in [0.15, 0.2) is 0 Å². The van der Waals surface area contributed by atoms with Crippen LogP contribution in [0.3, 0.4) is 0 Å². The first-order valence-electron chi connectivity index (χ1n) is 5.53. The second-order valence-electron chi connectivity index (χ2n) is 4.04. The highest BCUT2D eigenvalue weighted by atomic mass is 32.1. The number of rotatable bonds is 6. The summed E-state index contributed by atoms with van der Waals surface area (Å²) < 4.78 is 0. The SMILES string of the molecule is CCC(N)(CC)CNC(C)c1nccs1. The molecule has 0 amide bonds. The van der Waals surface area contributed by atoms with Crippen molar-refractivity contribution in [1.29, 1.82) is 0 Å². The molecule has 0 saturated heterocycles. The first-order chi connectivity index (χ1) is 7.11. The molecule has 1 unspecified atom stereocenters. The molecule has 1 heterocycles. The first kappa shape index (κ1) is 12.6. The third-order valence-corrected chi connectivity index (χ3v) is 3.95. The van der Waals surface area contributed by atoms with Crippen molar-refractivity contribution in [1.82, 2.24) is 10.3 Å². The van der Waals surface area contributed by atoms with E-state index in [4.69, 9.17) is 5.73 Å². The Morgan fingerprint density at radius 3 is 2.67 bits per heavy atom. The molecule has 1 aromatic rings. The first-order valence-corrected chi connectivity index (χ1v) is 6.41. The summed E-state index contributed by atoms with van der Waals surface area (Å²) in [6, 6.07) is 0.297. The molecule has 0 aliphatic carbocycles. The highest BCUT2D eigenvalue weighted by Gasteiger charge is 2.21. The molecule has 3 N–H and O–H groups in total. The van der Waals surface area contributed by atoms with E-state index < -0.39 is 0 Å². The molecule has 1 atom stereocenters. The molecule has 1 rings (SSSR count). The van der Waals surface area contributed by atoms with Crippen molar-refractivity contribution in [2.45, 2.75) is 45.2 Å². The summed E-state index contributed by atoms with van der Waals surface area (Å²) in [5.74, 6) is 0. The van der Waals surface area contributed by atoms with Crippen molar-refractivity contribution < 1.29 is 0 Å². The van der Waals surface area contributed by atoms with Crippen LogP contribution < -0.4 is 11.1 Å². The van der Waals surface area contributed by atoms with Gasteiger partial charge in [0.05, 0.1) is 6.04 Å². The van der Waals surface area contributed by atoms with Gasteiger partial charge in [-0.3, -0.25) is 0 Å². The monoisotopic (exact) mass is 227 g/mol. The molecule has 0 aromatic carbocycles. The van der Waals surface area contributed by atoms with Crippen LogP contribution in [0.2, 0.25) is 0 Å². The normalized spacial score (nSPS) is 14.1. The average Bonchev–Trinajstić information content (AvgIpc) is 2.79. The molecule has 0 aliphatic rings. The van der Waals surface area contributed by atoms with Crippen molar-refractivity contribution in [2.75, 3.05) is 6.54 Å². The lowest BCUT2D eigenvalue weighted by atomic mass is 9.94. The quantitative estimate of drug-likeness (QED) is 0.784. The number of hydrogen-bond donors (Lipinski definition) is 2. The van der Waals surface area contributed by atoms with Gasteiger partial charge in [-0.25, -0.2) is 4.98 Å². The Hall–Kier alpha value is -0.450. The number of nitrogens with zero attached hydrogens (tertiary/aromatic N) is 1. The summed E-state index contributed by atoms with van der Waals surface area (Å²) >= 11 is 1.68. The van der Waals surface area contributed by atoms with Crippen molar-refractivity contribution in [3.8, 4) is 0 Å². The lowest BCUT2D eigenvalue weighted by Crippen LogP contribution is -2.48. The lowest BCUT2D eigenvalue weighted by molar-refractivity contribution is 0.353. The van der Waals surface area contributed by atoms with Gasteiger partial charge in [0.25, 0.3) is 0 Å². The molecule has 0 bridgehead atoms. The van der Waals surface area contributed by atoms with E-state index >= 15 is 0 Å². The average molecular weight is 227 g/mol. The molecule has 0 saturated carbocycles. The summed E-state index contributed by atoms with van der Waals surface area (Å²) in [5, 5.41) is 6.58. The van der Waals surface area contributed by atoms with Gasteiger partial charge < -0.3 is 11.1 Å². The number of nitrogens with two attached hydrogens (primary N) is 1. The number of aromatic nitrogens is 1. The van der Waals surface area contributed by atoms with E-state index in [9.17, 15) is 0 Å². The maximum absolute atomic E-state index is 6.22. The summed E-state index contributed by atoms with van der Waals surface area (Å²) in [5.41, 5.74) is 6.14. The van der Waals surface area contributed by atoms with Crippen LogP contribution in [0.1, 0.15) is 44.7 Å².